The first kappa shape index (κ1) is 14.1. The van der Waals surface area contributed by atoms with E-state index in [-0.39, 0.29) is 0 Å². The molecule has 0 spiro atoms. The summed E-state index contributed by atoms with van der Waals surface area (Å²) in [5.74, 6) is 0. The van der Waals surface area contributed by atoms with Gasteiger partial charge < -0.3 is 5.32 Å². The lowest BCUT2D eigenvalue weighted by molar-refractivity contribution is 0.474. The number of hydrogen-bond acceptors (Lipinski definition) is 3. The third-order valence-electron chi connectivity index (χ3n) is 3.42. The average molecular weight is 268 g/mol. The SMILES string of the molecule is CCC(C)n1ccc(CNc2ccc(CC#N)cc2)n1. The van der Waals surface area contributed by atoms with Gasteiger partial charge in [-0.1, -0.05) is 19.1 Å². The van der Waals surface area contributed by atoms with Crippen LogP contribution in [-0.4, -0.2) is 9.78 Å². The minimum Gasteiger partial charge on any atom is -0.379 e. The number of aromatic nitrogens is 2. The summed E-state index contributed by atoms with van der Waals surface area (Å²) in [7, 11) is 0. The fourth-order valence-electron chi connectivity index (χ4n) is 1.93. The maximum atomic E-state index is 8.63. The van der Waals surface area contributed by atoms with Crippen LogP contribution in [0.15, 0.2) is 36.5 Å². The smallest absolute Gasteiger partial charge is 0.0815 e. The molecule has 4 heteroatoms. The molecule has 0 aliphatic rings. The number of rotatable bonds is 6. The van der Waals surface area contributed by atoms with E-state index in [1.54, 1.807) is 0 Å². The number of hydrogen-bond donors (Lipinski definition) is 1. The molecule has 0 bridgehead atoms. The fraction of sp³-hybridized carbons (Fsp3) is 0.375. The summed E-state index contributed by atoms with van der Waals surface area (Å²) in [6.45, 7) is 5.03. The lowest BCUT2D eigenvalue weighted by atomic mass is 10.1. The Balaban J connectivity index is 1.91. The largest absolute Gasteiger partial charge is 0.379 e. The molecule has 1 N–H and O–H groups in total. The number of nitrogens with one attached hydrogen (secondary N) is 1. The van der Waals surface area contributed by atoms with E-state index < -0.39 is 0 Å². The van der Waals surface area contributed by atoms with E-state index in [1.807, 2.05) is 41.2 Å². The van der Waals surface area contributed by atoms with Crippen molar-refractivity contribution in [2.45, 2.75) is 39.3 Å². The number of benzene rings is 1. The highest BCUT2D eigenvalue weighted by Gasteiger charge is 2.04. The monoisotopic (exact) mass is 268 g/mol. The molecule has 0 amide bonds. The van der Waals surface area contributed by atoms with Crippen LogP contribution in [0.3, 0.4) is 0 Å². The van der Waals surface area contributed by atoms with Crippen molar-refractivity contribution in [1.82, 2.24) is 9.78 Å². The van der Waals surface area contributed by atoms with E-state index >= 15 is 0 Å². The average Bonchev–Trinajstić information content (AvgIpc) is 2.95. The van der Waals surface area contributed by atoms with Crippen LogP contribution in [0.4, 0.5) is 5.69 Å². The van der Waals surface area contributed by atoms with Crippen LogP contribution >= 0.6 is 0 Å². The zero-order valence-corrected chi connectivity index (χ0v) is 12.0. The Morgan fingerprint density at radius 2 is 2.05 bits per heavy atom. The predicted octanol–water partition coefficient (Wildman–Crippen LogP) is 3.53. The van der Waals surface area contributed by atoms with Crippen LogP contribution in [0.2, 0.25) is 0 Å². The normalized spacial score (nSPS) is 11.8. The highest BCUT2D eigenvalue weighted by Crippen LogP contribution is 2.13. The van der Waals surface area contributed by atoms with Crippen LogP contribution in [0.25, 0.3) is 0 Å². The molecule has 2 rings (SSSR count). The highest BCUT2D eigenvalue weighted by molar-refractivity contribution is 5.45. The first-order valence-electron chi connectivity index (χ1n) is 6.96. The molecule has 0 saturated carbocycles. The Labute approximate surface area is 120 Å². The van der Waals surface area contributed by atoms with E-state index in [9.17, 15) is 0 Å². The summed E-state index contributed by atoms with van der Waals surface area (Å²) < 4.78 is 2.01. The molecule has 104 valence electrons. The van der Waals surface area contributed by atoms with Gasteiger partial charge in [0.15, 0.2) is 0 Å². The number of anilines is 1. The summed E-state index contributed by atoms with van der Waals surface area (Å²) in [5.41, 5.74) is 3.12. The quantitative estimate of drug-likeness (QED) is 0.872. The molecule has 0 radical (unpaired) electrons. The highest BCUT2D eigenvalue weighted by atomic mass is 15.3. The van der Waals surface area contributed by atoms with Gasteiger partial charge in [0.1, 0.15) is 0 Å². The molecular formula is C16H20N4. The molecule has 0 fully saturated rings. The number of nitriles is 1. The lowest BCUT2D eigenvalue weighted by Crippen LogP contribution is -2.06. The second kappa shape index (κ2) is 6.76. The predicted molar refractivity (Wildman–Crippen MR) is 80.3 cm³/mol. The van der Waals surface area contributed by atoms with Gasteiger partial charge in [0.25, 0.3) is 0 Å². The molecule has 0 aliphatic heterocycles. The van der Waals surface area contributed by atoms with Crippen LogP contribution in [0, 0.1) is 11.3 Å². The van der Waals surface area contributed by atoms with Crippen LogP contribution in [0.5, 0.6) is 0 Å². The van der Waals surface area contributed by atoms with Crippen LogP contribution < -0.4 is 5.32 Å². The first-order valence-corrected chi connectivity index (χ1v) is 6.96. The third kappa shape index (κ3) is 3.61. The molecular weight excluding hydrogens is 248 g/mol. The molecule has 20 heavy (non-hydrogen) atoms. The van der Waals surface area contributed by atoms with Crippen molar-refractivity contribution in [3.05, 3.63) is 47.8 Å². The third-order valence-corrected chi connectivity index (χ3v) is 3.42. The van der Waals surface area contributed by atoms with Crippen molar-refractivity contribution in [2.75, 3.05) is 5.32 Å². The van der Waals surface area contributed by atoms with Gasteiger partial charge in [-0.15, -0.1) is 0 Å². The van der Waals surface area contributed by atoms with Gasteiger partial charge in [-0.05, 0) is 37.1 Å². The Morgan fingerprint density at radius 3 is 2.70 bits per heavy atom. The standard InChI is InChI=1S/C16H20N4/c1-3-13(2)20-11-9-16(19-20)12-18-15-6-4-14(5-7-15)8-10-17/h4-7,9,11,13,18H,3,8,12H2,1-2H3. The summed E-state index contributed by atoms with van der Waals surface area (Å²) in [4.78, 5) is 0. The number of nitrogens with zero attached hydrogens (tertiary/aromatic N) is 3. The van der Waals surface area contributed by atoms with E-state index in [1.165, 1.54) is 0 Å². The van der Waals surface area contributed by atoms with E-state index in [4.69, 9.17) is 5.26 Å². The molecule has 1 heterocycles. The zero-order valence-electron chi connectivity index (χ0n) is 12.0. The van der Waals surface area contributed by atoms with Gasteiger partial charge in [0.2, 0.25) is 0 Å². The summed E-state index contributed by atoms with van der Waals surface area (Å²) in [5, 5.41) is 16.5. The fourth-order valence-corrected chi connectivity index (χ4v) is 1.93. The Morgan fingerprint density at radius 1 is 1.30 bits per heavy atom. The van der Waals surface area contributed by atoms with E-state index in [0.29, 0.717) is 19.0 Å². The summed E-state index contributed by atoms with van der Waals surface area (Å²) in [6.07, 6.45) is 3.57. The van der Waals surface area contributed by atoms with Gasteiger partial charge in [0.05, 0.1) is 24.7 Å². The zero-order chi connectivity index (χ0) is 14.4. The van der Waals surface area contributed by atoms with Crippen LogP contribution in [-0.2, 0) is 13.0 Å². The van der Waals surface area contributed by atoms with Crippen molar-refractivity contribution in [3.8, 4) is 6.07 Å². The molecule has 0 aliphatic carbocycles. The second-order valence-corrected chi connectivity index (χ2v) is 4.93. The molecule has 0 saturated heterocycles. The van der Waals surface area contributed by atoms with Gasteiger partial charge in [-0.2, -0.15) is 10.4 Å². The van der Waals surface area contributed by atoms with Gasteiger partial charge in [-0.25, -0.2) is 0 Å². The minimum absolute atomic E-state index is 0.439. The molecule has 1 aromatic carbocycles. The molecule has 1 aromatic heterocycles. The van der Waals surface area contributed by atoms with Crippen molar-refractivity contribution < 1.29 is 0 Å². The maximum Gasteiger partial charge on any atom is 0.0815 e. The topological polar surface area (TPSA) is 53.6 Å². The maximum absolute atomic E-state index is 8.63. The van der Waals surface area contributed by atoms with E-state index in [0.717, 1.165) is 23.4 Å². The summed E-state index contributed by atoms with van der Waals surface area (Å²) in [6, 6.07) is 12.6. The Bertz CT molecular complexity index is 577. The van der Waals surface area contributed by atoms with Crippen molar-refractivity contribution in [2.24, 2.45) is 0 Å². The Kier molecular flexibility index (Phi) is 4.78. The summed E-state index contributed by atoms with van der Waals surface area (Å²) >= 11 is 0. The minimum atomic E-state index is 0.439. The van der Waals surface area contributed by atoms with Crippen molar-refractivity contribution in [3.63, 3.8) is 0 Å². The Hall–Kier alpha value is -2.28. The van der Waals surface area contributed by atoms with E-state index in [2.05, 4.69) is 30.3 Å². The van der Waals surface area contributed by atoms with Gasteiger partial charge in [-0.3, -0.25) is 4.68 Å². The molecule has 1 unspecified atom stereocenters. The van der Waals surface area contributed by atoms with Crippen molar-refractivity contribution >= 4 is 5.69 Å². The lowest BCUT2D eigenvalue weighted by Gasteiger charge is -2.08. The van der Waals surface area contributed by atoms with Crippen LogP contribution in [0.1, 0.15) is 37.6 Å². The first-order chi connectivity index (χ1) is 9.72. The van der Waals surface area contributed by atoms with Crippen molar-refractivity contribution in [1.29, 1.82) is 5.26 Å². The second-order valence-electron chi connectivity index (χ2n) is 4.93. The molecule has 1 atom stereocenters. The molecule has 4 nitrogen and oxygen atoms in total. The van der Waals surface area contributed by atoms with Gasteiger partial charge in [0, 0.05) is 17.9 Å². The molecule has 2 aromatic rings. The van der Waals surface area contributed by atoms with Gasteiger partial charge >= 0.3 is 0 Å².